The van der Waals surface area contributed by atoms with Crippen LogP contribution in [0.25, 0.3) is 0 Å². The van der Waals surface area contributed by atoms with Crippen molar-refractivity contribution in [3.63, 3.8) is 0 Å². The lowest BCUT2D eigenvalue weighted by molar-refractivity contribution is -0.147. The van der Waals surface area contributed by atoms with Crippen LogP contribution in [-0.4, -0.2) is 5.60 Å². The minimum atomic E-state index is 0.111. The van der Waals surface area contributed by atoms with Crippen molar-refractivity contribution in [3.8, 4) is 0 Å². The molecule has 1 aliphatic carbocycles. The van der Waals surface area contributed by atoms with Crippen LogP contribution in [0.4, 0.5) is 0 Å². The van der Waals surface area contributed by atoms with Crippen molar-refractivity contribution < 1.29 is 4.74 Å². The van der Waals surface area contributed by atoms with E-state index in [1.54, 1.807) is 0 Å². The minimum Gasteiger partial charge on any atom is -0.370 e. The van der Waals surface area contributed by atoms with Crippen molar-refractivity contribution in [1.82, 2.24) is 0 Å². The van der Waals surface area contributed by atoms with Crippen LogP contribution in [0.3, 0.4) is 0 Å². The van der Waals surface area contributed by atoms with E-state index in [0.29, 0.717) is 0 Å². The van der Waals surface area contributed by atoms with Gasteiger partial charge in [0.2, 0.25) is 0 Å². The molecule has 0 saturated heterocycles. The highest BCUT2D eigenvalue weighted by Crippen LogP contribution is 2.47. The first-order valence-corrected chi connectivity index (χ1v) is 7.81. The van der Waals surface area contributed by atoms with Crippen molar-refractivity contribution >= 4 is 0 Å². The third-order valence-electron chi connectivity index (χ3n) is 5.27. The number of hydrogen-bond donors (Lipinski definition) is 0. The van der Waals surface area contributed by atoms with Crippen LogP contribution < -0.4 is 0 Å². The zero-order chi connectivity index (χ0) is 13.5. The van der Waals surface area contributed by atoms with Gasteiger partial charge in [-0.15, -0.1) is 0 Å². The summed E-state index contributed by atoms with van der Waals surface area (Å²) >= 11 is 0. The molecular weight excluding hydrogens is 232 g/mol. The van der Waals surface area contributed by atoms with Crippen molar-refractivity contribution in [3.05, 3.63) is 35.4 Å². The SMILES string of the molecule is CC(C)[C@@H]1CC[C@@H](C)CC12Cc1ccccc1CO2. The molecule has 1 saturated carbocycles. The molecule has 0 amide bonds. The molecule has 19 heavy (non-hydrogen) atoms. The Morgan fingerprint density at radius 2 is 1.89 bits per heavy atom. The number of hydrogen-bond acceptors (Lipinski definition) is 1. The Morgan fingerprint density at radius 3 is 2.63 bits per heavy atom. The molecule has 1 aromatic carbocycles. The fourth-order valence-corrected chi connectivity index (χ4v) is 4.35. The summed E-state index contributed by atoms with van der Waals surface area (Å²) in [6.07, 6.45) is 5.07. The van der Waals surface area contributed by atoms with E-state index in [1.165, 1.54) is 30.4 Å². The molecule has 0 radical (unpaired) electrons. The van der Waals surface area contributed by atoms with Gasteiger partial charge in [-0.1, -0.05) is 51.5 Å². The van der Waals surface area contributed by atoms with E-state index < -0.39 is 0 Å². The van der Waals surface area contributed by atoms with E-state index >= 15 is 0 Å². The fourth-order valence-electron chi connectivity index (χ4n) is 4.35. The molecule has 1 heterocycles. The van der Waals surface area contributed by atoms with Gasteiger partial charge in [-0.2, -0.15) is 0 Å². The van der Waals surface area contributed by atoms with Gasteiger partial charge < -0.3 is 4.74 Å². The second-order valence-electron chi connectivity index (χ2n) is 7.04. The summed E-state index contributed by atoms with van der Waals surface area (Å²) in [7, 11) is 0. The lowest BCUT2D eigenvalue weighted by Crippen LogP contribution is -2.51. The van der Waals surface area contributed by atoms with Gasteiger partial charge in [0.1, 0.15) is 0 Å². The van der Waals surface area contributed by atoms with E-state index in [4.69, 9.17) is 4.74 Å². The Balaban J connectivity index is 1.93. The van der Waals surface area contributed by atoms with Crippen molar-refractivity contribution in [2.24, 2.45) is 17.8 Å². The molecule has 1 nitrogen and oxygen atoms in total. The Labute approximate surface area is 117 Å². The number of ether oxygens (including phenoxy) is 1. The van der Waals surface area contributed by atoms with Gasteiger partial charge in [-0.3, -0.25) is 0 Å². The van der Waals surface area contributed by atoms with Gasteiger partial charge in [0, 0.05) is 6.42 Å². The first-order valence-electron chi connectivity index (χ1n) is 7.81. The molecule has 1 spiro atoms. The molecule has 3 rings (SSSR count). The first kappa shape index (κ1) is 13.2. The molecule has 104 valence electrons. The molecule has 3 atom stereocenters. The molecular formula is C18H26O. The van der Waals surface area contributed by atoms with Crippen LogP contribution in [0.2, 0.25) is 0 Å². The van der Waals surface area contributed by atoms with E-state index in [9.17, 15) is 0 Å². The molecule has 0 bridgehead atoms. The van der Waals surface area contributed by atoms with Crippen LogP contribution in [0, 0.1) is 17.8 Å². The highest BCUT2D eigenvalue weighted by atomic mass is 16.5. The summed E-state index contributed by atoms with van der Waals surface area (Å²) in [5.74, 6) is 2.25. The van der Waals surface area contributed by atoms with Gasteiger partial charge in [0.15, 0.2) is 0 Å². The van der Waals surface area contributed by atoms with E-state index in [1.807, 2.05) is 0 Å². The standard InChI is InChI=1S/C18H26O/c1-13(2)17-9-8-14(3)10-18(17)11-15-6-4-5-7-16(15)12-19-18/h4-7,13-14,17H,8-12H2,1-3H3/t14-,17+,18?/m1/s1. The summed E-state index contributed by atoms with van der Waals surface area (Å²) in [5, 5.41) is 0. The lowest BCUT2D eigenvalue weighted by Gasteiger charge is -2.50. The molecule has 1 unspecified atom stereocenters. The minimum absolute atomic E-state index is 0.111. The predicted octanol–water partition coefficient (Wildman–Crippen LogP) is 4.59. The van der Waals surface area contributed by atoms with Crippen LogP contribution in [0.15, 0.2) is 24.3 Å². The van der Waals surface area contributed by atoms with Crippen molar-refractivity contribution in [2.45, 2.75) is 58.7 Å². The second-order valence-corrected chi connectivity index (χ2v) is 7.04. The Bertz CT molecular complexity index is 451. The third kappa shape index (κ3) is 2.33. The average molecular weight is 258 g/mol. The van der Waals surface area contributed by atoms with E-state index in [2.05, 4.69) is 45.0 Å². The second kappa shape index (κ2) is 4.94. The van der Waals surface area contributed by atoms with Gasteiger partial charge in [-0.25, -0.2) is 0 Å². The maximum atomic E-state index is 6.48. The smallest absolute Gasteiger partial charge is 0.0760 e. The maximum absolute atomic E-state index is 6.48. The quantitative estimate of drug-likeness (QED) is 0.716. The van der Waals surface area contributed by atoms with Crippen molar-refractivity contribution in [1.29, 1.82) is 0 Å². The molecule has 1 heteroatoms. The topological polar surface area (TPSA) is 9.23 Å². The summed E-state index contributed by atoms with van der Waals surface area (Å²) in [4.78, 5) is 0. The van der Waals surface area contributed by atoms with Crippen molar-refractivity contribution in [2.75, 3.05) is 0 Å². The van der Waals surface area contributed by atoms with Crippen LogP contribution in [-0.2, 0) is 17.8 Å². The van der Waals surface area contributed by atoms with E-state index in [0.717, 1.165) is 30.8 Å². The van der Waals surface area contributed by atoms with Crippen LogP contribution in [0.1, 0.15) is 51.2 Å². The summed E-state index contributed by atoms with van der Waals surface area (Å²) in [6, 6.07) is 8.83. The molecule has 1 aromatic rings. The molecule has 1 fully saturated rings. The average Bonchev–Trinajstić information content (AvgIpc) is 2.38. The van der Waals surface area contributed by atoms with Gasteiger partial charge in [-0.05, 0) is 41.7 Å². The first-order chi connectivity index (χ1) is 9.11. The number of fused-ring (bicyclic) bond motifs is 1. The highest BCUT2D eigenvalue weighted by Gasteiger charge is 2.47. The molecule has 1 aliphatic heterocycles. The lowest BCUT2D eigenvalue weighted by atomic mass is 9.64. The fraction of sp³-hybridized carbons (Fsp3) is 0.667. The van der Waals surface area contributed by atoms with Gasteiger partial charge in [0.25, 0.3) is 0 Å². The Hall–Kier alpha value is -0.820. The number of rotatable bonds is 1. The van der Waals surface area contributed by atoms with Gasteiger partial charge >= 0.3 is 0 Å². The summed E-state index contributed by atoms with van der Waals surface area (Å²) in [6.45, 7) is 7.94. The zero-order valence-corrected chi connectivity index (χ0v) is 12.5. The highest BCUT2D eigenvalue weighted by molar-refractivity contribution is 5.30. The maximum Gasteiger partial charge on any atom is 0.0760 e. The third-order valence-corrected chi connectivity index (χ3v) is 5.27. The predicted molar refractivity (Wildman–Crippen MR) is 79.0 cm³/mol. The molecule has 2 aliphatic rings. The molecule has 0 N–H and O–H groups in total. The van der Waals surface area contributed by atoms with Gasteiger partial charge in [0.05, 0.1) is 12.2 Å². The molecule has 0 aromatic heterocycles. The van der Waals surface area contributed by atoms with Crippen LogP contribution in [0.5, 0.6) is 0 Å². The normalized spacial score (nSPS) is 34.5. The largest absolute Gasteiger partial charge is 0.370 e. The summed E-state index contributed by atoms with van der Waals surface area (Å²) < 4.78 is 6.48. The van der Waals surface area contributed by atoms with Crippen LogP contribution >= 0.6 is 0 Å². The monoisotopic (exact) mass is 258 g/mol. The Kier molecular flexibility index (Phi) is 3.42. The Morgan fingerprint density at radius 1 is 1.16 bits per heavy atom. The van der Waals surface area contributed by atoms with E-state index in [-0.39, 0.29) is 5.60 Å². The zero-order valence-electron chi connectivity index (χ0n) is 12.5. The number of benzene rings is 1. The summed E-state index contributed by atoms with van der Waals surface area (Å²) in [5.41, 5.74) is 3.03.